The van der Waals surface area contributed by atoms with Gasteiger partial charge in [-0.25, -0.2) is 0 Å². The zero-order valence-electron chi connectivity index (χ0n) is 13.2. The van der Waals surface area contributed by atoms with Crippen molar-refractivity contribution in [1.29, 1.82) is 0 Å². The molecule has 5 nitrogen and oxygen atoms in total. The van der Waals surface area contributed by atoms with Crippen molar-refractivity contribution >= 4 is 22.9 Å². The number of carbonyl (C=O) groups excluding carboxylic acids is 2. The lowest BCUT2D eigenvalue weighted by Gasteiger charge is -2.32. The predicted molar refractivity (Wildman–Crippen MR) is 92.5 cm³/mol. The van der Waals surface area contributed by atoms with Gasteiger partial charge in [-0.1, -0.05) is 42.1 Å². The number of benzene rings is 1. The highest BCUT2D eigenvalue weighted by Gasteiger charge is 2.30. The Kier molecular flexibility index (Phi) is 5.56. The van der Waals surface area contributed by atoms with Crippen molar-refractivity contribution in [1.82, 2.24) is 15.5 Å². The molecule has 2 heterocycles. The highest BCUT2D eigenvalue weighted by atomic mass is 32.2. The SMILES string of the molecule is O=C1N[C@H](C(=O)NC2CCN(CCc3ccccc3)CC2)CS1. The van der Waals surface area contributed by atoms with Gasteiger partial charge >= 0.3 is 0 Å². The van der Waals surface area contributed by atoms with Crippen LogP contribution in [0.25, 0.3) is 0 Å². The molecule has 0 spiro atoms. The third kappa shape index (κ3) is 4.72. The number of thioether (sulfide) groups is 1. The molecule has 1 atom stereocenters. The number of carbonyl (C=O) groups is 2. The molecule has 0 aliphatic carbocycles. The third-order valence-electron chi connectivity index (χ3n) is 4.48. The van der Waals surface area contributed by atoms with Gasteiger partial charge < -0.3 is 15.5 Å². The van der Waals surface area contributed by atoms with Gasteiger partial charge in [-0.15, -0.1) is 0 Å². The molecule has 2 saturated heterocycles. The Hall–Kier alpha value is -1.53. The molecule has 0 saturated carbocycles. The second-order valence-electron chi connectivity index (χ2n) is 6.16. The highest BCUT2D eigenvalue weighted by Crippen LogP contribution is 2.15. The molecule has 1 aromatic rings. The van der Waals surface area contributed by atoms with E-state index < -0.39 is 0 Å². The minimum Gasteiger partial charge on any atom is -0.351 e. The van der Waals surface area contributed by atoms with Gasteiger partial charge in [0.15, 0.2) is 0 Å². The van der Waals surface area contributed by atoms with Crippen LogP contribution in [-0.2, 0) is 11.2 Å². The maximum atomic E-state index is 12.1. The summed E-state index contributed by atoms with van der Waals surface area (Å²) in [6.07, 6.45) is 3.03. The average Bonchev–Trinajstić information content (AvgIpc) is 3.02. The topological polar surface area (TPSA) is 61.4 Å². The Balaban J connectivity index is 1.37. The lowest BCUT2D eigenvalue weighted by molar-refractivity contribution is -0.123. The molecule has 2 amide bonds. The van der Waals surface area contributed by atoms with Gasteiger partial charge in [-0.2, -0.15) is 0 Å². The van der Waals surface area contributed by atoms with E-state index in [9.17, 15) is 9.59 Å². The maximum Gasteiger partial charge on any atom is 0.279 e. The van der Waals surface area contributed by atoms with Gasteiger partial charge in [0, 0.05) is 31.4 Å². The Morgan fingerprint density at radius 3 is 2.65 bits per heavy atom. The molecule has 0 aromatic heterocycles. The van der Waals surface area contributed by atoms with E-state index in [1.165, 1.54) is 17.3 Å². The van der Waals surface area contributed by atoms with Crippen molar-refractivity contribution in [3.63, 3.8) is 0 Å². The van der Waals surface area contributed by atoms with E-state index in [0.717, 1.165) is 38.9 Å². The minimum absolute atomic E-state index is 0.0360. The smallest absolute Gasteiger partial charge is 0.279 e. The molecular formula is C17H23N3O2S. The molecule has 2 N–H and O–H groups in total. The third-order valence-corrected chi connectivity index (χ3v) is 5.36. The van der Waals surface area contributed by atoms with Crippen molar-refractivity contribution in [2.75, 3.05) is 25.4 Å². The van der Waals surface area contributed by atoms with Crippen LogP contribution in [0.2, 0.25) is 0 Å². The summed E-state index contributed by atoms with van der Waals surface area (Å²) in [7, 11) is 0. The molecule has 2 aliphatic rings. The quantitative estimate of drug-likeness (QED) is 0.860. The fourth-order valence-electron chi connectivity index (χ4n) is 3.06. The second-order valence-corrected chi connectivity index (χ2v) is 7.15. The number of hydrogen-bond donors (Lipinski definition) is 2. The number of amides is 2. The summed E-state index contributed by atoms with van der Waals surface area (Å²) < 4.78 is 0. The lowest BCUT2D eigenvalue weighted by Crippen LogP contribution is -2.50. The summed E-state index contributed by atoms with van der Waals surface area (Å²) in [5.41, 5.74) is 1.37. The van der Waals surface area contributed by atoms with E-state index in [2.05, 4.69) is 39.8 Å². The van der Waals surface area contributed by atoms with Crippen LogP contribution in [0.15, 0.2) is 30.3 Å². The second kappa shape index (κ2) is 7.84. The van der Waals surface area contributed by atoms with E-state index in [0.29, 0.717) is 5.75 Å². The number of hydrogen-bond acceptors (Lipinski definition) is 4. The van der Waals surface area contributed by atoms with Crippen molar-refractivity contribution in [2.24, 2.45) is 0 Å². The summed E-state index contributed by atoms with van der Waals surface area (Å²) in [6.45, 7) is 3.10. The first-order chi connectivity index (χ1) is 11.2. The van der Waals surface area contributed by atoms with Gasteiger partial charge in [0.2, 0.25) is 5.91 Å². The molecule has 6 heteroatoms. The summed E-state index contributed by atoms with van der Waals surface area (Å²) >= 11 is 1.18. The van der Waals surface area contributed by atoms with Crippen LogP contribution in [0, 0.1) is 0 Å². The number of nitrogens with zero attached hydrogens (tertiary/aromatic N) is 1. The van der Waals surface area contributed by atoms with Crippen LogP contribution in [0.5, 0.6) is 0 Å². The van der Waals surface area contributed by atoms with Gasteiger partial charge in [-0.3, -0.25) is 9.59 Å². The number of nitrogens with one attached hydrogen (secondary N) is 2. The Bertz CT molecular complexity index is 544. The molecular weight excluding hydrogens is 310 g/mol. The number of likely N-dealkylation sites (tertiary alicyclic amines) is 1. The zero-order chi connectivity index (χ0) is 16.1. The normalized spacial score (nSPS) is 22.8. The first kappa shape index (κ1) is 16.3. The molecule has 1 aromatic carbocycles. The summed E-state index contributed by atoms with van der Waals surface area (Å²) in [4.78, 5) is 25.7. The molecule has 23 heavy (non-hydrogen) atoms. The zero-order valence-corrected chi connectivity index (χ0v) is 14.0. The van der Waals surface area contributed by atoms with E-state index in [1.807, 2.05) is 6.07 Å². The largest absolute Gasteiger partial charge is 0.351 e. The summed E-state index contributed by atoms with van der Waals surface area (Å²) in [6, 6.07) is 10.4. The molecule has 0 radical (unpaired) electrons. The molecule has 124 valence electrons. The molecule has 3 rings (SSSR count). The first-order valence-electron chi connectivity index (χ1n) is 8.20. The van der Waals surface area contributed by atoms with Gasteiger partial charge in [0.05, 0.1) is 0 Å². The fraction of sp³-hybridized carbons (Fsp3) is 0.529. The van der Waals surface area contributed by atoms with Gasteiger partial charge in [0.1, 0.15) is 6.04 Å². The number of rotatable bonds is 5. The minimum atomic E-state index is -0.358. The summed E-state index contributed by atoms with van der Waals surface area (Å²) in [5.74, 6) is 0.506. The fourth-order valence-corrected chi connectivity index (χ4v) is 3.84. The van der Waals surface area contributed by atoms with Crippen LogP contribution in [0.4, 0.5) is 4.79 Å². The first-order valence-corrected chi connectivity index (χ1v) is 9.19. The Labute approximate surface area is 141 Å². The lowest BCUT2D eigenvalue weighted by atomic mass is 10.0. The van der Waals surface area contributed by atoms with Crippen LogP contribution >= 0.6 is 11.8 Å². The molecule has 2 fully saturated rings. The van der Waals surface area contributed by atoms with Crippen LogP contribution < -0.4 is 10.6 Å². The summed E-state index contributed by atoms with van der Waals surface area (Å²) in [5, 5.41) is 5.68. The average molecular weight is 333 g/mol. The van der Waals surface area contributed by atoms with Crippen molar-refractivity contribution in [3.05, 3.63) is 35.9 Å². The Morgan fingerprint density at radius 1 is 1.26 bits per heavy atom. The maximum absolute atomic E-state index is 12.1. The van der Waals surface area contributed by atoms with E-state index in [1.54, 1.807) is 0 Å². The van der Waals surface area contributed by atoms with Gasteiger partial charge in [-0.05, 0) is 24.8 Å². The van der Waals surface area contributed by atoms with Crippen molar-refractivity contribution in [3.8, 4) is 0 Å². The van der Waals surface area contributed by atoms with Crippen LogP contribution in [-0.4, -0.2) is 53.5 Å². The van der Waals surface area contributed by atoms with E-state index in [-0.39, 0.29) is 23.2 Å². The van der Waals surface area contributed by atoms with Crippen LogP contribution in [0.1, 0.15) is 18.4 Å². The number of piperidine rings is 1. The highest BCUT2D eigenvalue weighted by molar-refractivity contribution is 8.14. The van der Waals surface area contributed by atoms with Crippen molar-refractivity contribution in [2.45, 2.75) is 31.3 Å². The molecule has 0 unspecified atom stereocenters. The van der Waals surface area contributed by atoms with Gasteiger partial charge in [0.25, 0.3) is 5.24 Å². The van der Waals surface area contributed by atoms with E-state index >= 15 is 0 Å². The van der Waals surface area contributed by atoms with E-state index in [4.69, 9.17) is 0 Å². The standard InChI is InChI=1S/C17H23N3O2S/c21-16(15-12-23-17(22)19-15)18-14-7-10-20(11-8-14)9-6-13-4-2-1-3-5-13/h1-5,14-15H,6-12H2,(H,18,21)(H,19,22)/t15-/m0/s1. The monoisotopic (exact) mass is 333 g/mol. The molecule has 2 aliphatic heterocycles. The predicted octanol–water partition coefficient (Wildman–Crippen LogP) is 1.63. The molecule has 0 bridgehead atoms. The Morgan fingerprint density at radius 2 is 2.00 bits per heavy atom. The van der Waals surface area contributed by atoms with Crippen molar-refractivity contribution < 1.29 is 9.59 Å². The van der Waals surface area contributed by atoms with Crippen LogP contribution in [0.3, 0.4) is 0 Å².